The second kappa shape index (κ2) is 9.16. The molecule has 0 atom stereocenters. The first-order valence-corrected chi connectivity index (χ1v) is 9.36. The van der Waals surface area contributed by atoms with Crippen LogP contribution >= 0.6 is 23.2 Å². The Bertz CT molecular complexity index is 715. The van der Waals surface area contributed by atoms with Gasteiger partial charge in [0.25, 0.3) is 5.91 Å². The van der Waals surface area contributed by atoms with Crippen molar-refractivity contribution in [1.82, 2.24) is 20.2 Å². The number of benzene rings is 1. The highest BCUT2D eigenvalue weighted by molar-refractivity contribution is 6.35. The predicted octanol–water partition coefficient (Wildman–Crippen LogP) is 2.73. The second-order valence-electron chi connectivity index (χ2n) is 6.15. The molecule has 6 nitrogen and oxygen atoms in total. The number of hydrogen-bond donors (Lipinski definition) is 1. The van der Waals surface area contributed by atoms with Crippen LogP contribution in [0.2, 0.25) is 10.0 Å². The van der Waals surface area contributed by atoms with Crippen LogP contribution in [0.1, 0.15) is 16.8 Å². The van der Waals surface area contributed by atoms with E-state index in [1.165, 1.54) is 0 Å². The smallest absolute Gasteiger partial charge is 0.251 e. The first kappa shape index (κ1) is 18.9. The Morgan fingerprint density at radius 2 is 1.69 bits per heavy atom. The SMILES string of the molecule is O=C(NCCCN1CCN(c2ncccn2)CC1)c1cc(Cl)cc(Cl)c1. The maximum atomic E-state index is 12.1. The van der Waals surface area contributed by atoms with Crippen LogP contribution < -0.4 is 10.2 Å². The van der Waals surface area contributed by atoms with Gasteiger partial charge < -0.3 is 10.2 Å². The number of nitrogens with zero attached hydrogens (tertiary/aromatic N) is 4. The van der Waals surface area contributed by atoms with Crippen molar-refractivity contribution in [1.29, 1.82) is 0 Å². The van der Waals surface area contributed by atoms with Gasteiger partial charge in [-0.25, -0.2) is 9.97 Å². The maximum absolute atomic E-state index is 12.1. The number of rotatable bonds is 6. The van der Waals surface area contributed by atoms with Gasteiger partial charge in [0.15, 0.2) is 0 Å². The van der Waals surface area contributed by atoms with E-state index in [9.17, 15) is 4.79 Å². The van der Waals surface area contributed by atoms with E-state index < -0.39 is 0 Å². The van der Waals surface area contributed by atoms with Crippen molar-refractivity contribution in [3.05, 3.63) is 52.3 Å². The molecule has 0 aliphatic carbocycles. The molecule has 1 amide bonds. The summed E-state index contributed by atoms with van der Waals surface area (Å²) in [5.74, 6) is 0.639. The molecule has 0 bridgehead atoms. The lowest BCUT2D eigenvalue weighted by atomic mass is 10.2. The molecule has 8 heteroatoms. The molecular weight excluding hydrogens is 373 g/mol. The topological polar surface area (TPSA) is 61.4 Å². The van der Waals surface area contributed by atoms with Crippen molar-refractivity contribution in [2.45, 2.75) is 6.42 Å². The van der Waals surface area contributed by atoms with Gasteiger partial charge in [0.1, 0.15) is 0 Å². The van der Waals surface area contributed by atoms with Crippen molar-refractivity contribution in [3.63, 3.8) is 0 Å². The van der Waals surface area contributed by atoms with Crippen molar-refractivity contribution in [2.24, 2.45) is 0 Å². The molecule has 0 unspecified atom stereocenters. The summed E-state index contributed by atoms with van der Waals surface area (Å²) in [6, 6.07) is 6.67. The van der Waals surface area contributed by atoms with E-state index in [2.05, 4.69) is 25.1 Å². The lowest BCUT2D eigenvalue weighted by Crippen LogP contribution is -2.47. The average molecular weight is 394 g/mol. The minimum atomic E-state index is -0.152. The molecule has 1 fully saturated rings. The third-order valence-electron chi connectivity index (χ3n) is 4.27. The van der Waals surface area contributed by atoms with E-state index in [-0.39, 0.29) is 5.91 Å². The highest BCUT2D eigenvalue weighted by Crippen LogP contribution is 2.19. The standard InChI is InChI=1S/C18H21Cl2N5O/c19-15-11-14(12-16(20)13-15)17(26)21-5-2-6-24-7-9-25(10-8-24)18-22-3-1-4-23-18/h1,3-4,11-13H,2,5-10H2,(H,21,26). The lowest BCUT2D eigenvalue weighted by Gasteiger charge is -2.34. The van der Waals surface area contributed by atoms with Gasteiger partial charge >= 0.3 is 0 Å². The van der Waals surface area contributed by atoms with E-state index in [1.807, 2.05) is 6.07 Å². The number of anilines is 1. The van der Waals surface area contributed by atoms with Crippen LogP contribution in [-0.2, 0) is 0 Å². The van der Waals surface area contributed by atoms with Crippen LogP contribution in [0.3, 0.4) is 0 Å². The number of halogens is 2. The Labute approximate surface area is 163 Å². The summed E-state index contributed by atoms with van der Waals surface area (Å²) in [6.07, 6.45) is 4.43. The zero-order valence-electron chi connectivity index (χ0n) is 14.4. The highest BCUT2D eigenvalue weighted by atomic mass is 35.5. The molecule has 0 spiro atoms. The first-order chi connectivity index (χ1) is 12.6. The Morgan fingerprint density at radius 3 is 2.35 bits per heavy atom. The van der Waals surface area contributed by atoms with Crippen molar-refractivity contribution < 1.29 is 4.79 Å². The lowest BCUT2D eigenvalue weighted by molar-refractivity contribution is 0.0951. The van der Waals surface area contributed by atoms with Crippen LogP contribution in [0.25, 0.3) is 0 Å². The Kier molecular flexibility index (Phi) is 6.66. The normalized spacial score (nSPS) is 15.1. The highest BCUT2D eigenvalue weighted by Gasteiger charge is 2.18. The zero-order chi connectivity index (χ0) is 18.4. The van der Waals surface area contributed by atoms with Gasteiger partial charge in [-0.2, -0.15) is 0 Å². The van der Waals surface area contributed by atoms with Gasteiger partial charge in [-0.1, -0.05) is 23.2 Å². The van der Waals surface area contributed by atoms with Crippen molar-refractivity contribution in [2.75, 3.05) is 44.2 Å². The number of aromatic nitrogens is 2. The van der Waals surface area contributed by atoms with Gasteiger partial charge in [-0.05, 0) is 37.2 Å². The van der Waals surface area contributed by atoms with E-state index >= 15 is 0 Å². The monoisotopic (exact) mass is 393 g/mol. The Balaban J connectivity index is 1.36. The molecule has 1 saturated heterocycles. The zero-order valence-corrected chi connectivity index (χ0v) is 15.9. The van der Waals surface area contributed by atoms with E-state index in [4.69, 9.17) is 23.2 Å². The van der Waals surface area contributed by atoms with Crippen LogP contribution in [0, 0.1) is 0 Å². The van der Waals surface area contributed by atoms with Gasteiger partial charge in [0.2, 0.25) is 5.95 Å². The number of hydrogen-bond acceptors (Lipinski definition) is 5. The van der Waals surface area contributed by atoms with Crippen LogP contribution in [0.5, 0.6) is 0 Å². The number of carbonyl (C=O) groups excluding carboxylic acids is 1. The summed E-state index contributed by atoms with van der Waals surface area (Å²) in [4.78, 5) is 25.3. The molecule has 1 N–H and O–H groups in total. The van der Waals surface area contributed by atoms with Crippen LogP contribution in [0.15, 0.2) is 36.7 Å². The van der Waals surface area contributed by atoms with Crippen molar-refractivity contribution in [3.8, 4) is 0 Å². The fourth-order valence-electron chi connectivity index (χ4n) is 2.92. The molecule has 1 aromatic heterocycles. The fraction of sp³-hybridized carbons (Fsp3) is 0.389. The molecule has 1 aromatic carbocycles. The third kappa shape index (κ3) is 5.30. The number of carbonyl (C=O) groups is 1. The fourth-order valence-corrected chi connectivity index (χ4v) is 3.44. The minimum absolute atomic E-state index is 0.152. The summed E-state index contributed by atoms with van der Waals surface area (Å²) in [6.45, 7) is 5.33. The van der Waals surface area contributed by atoms with E-state index in [1.54, 1.807) is 30.6 Å². The molecule has 3 rings (SSSR count). The second-order valence-corrected chi connectivity index (χ2v) is 7.02. The maximum Gasteiger partial charge on any atom is 0.251 e. The molecule has 1 aliphatic heterocycles. The number of nitrogens with one attached hydrogen (secondary N) is 1. The van der Waals surface area contributed by atoms with Gasteiger partial charge in [0.05, 0.1) is 0 Å². The quantitative estimate of drug-likeness (QED) is 0.764. The van der Waals surface area contributed by atoms with E-state index in [0.717, 1.165) is 45.1 Å². The minimum Gasteiger partial charge on any atom is -0.352 e. The molecule has 2 aromatic rings. The molecule has 1 aliphatic rings. The Morgan fingerprint density at radius 1 is 1.04 bits per heavy atom. The van der Waals surface area contributed by atoms with Crippen LogP contribution in [0.4, 0.5) is 5.95 Å². The third-order valence-corrected chi connectivity index (χ3v) is 4.71. The molecule has 0 saturated carbocycles. The number of piperazine rings is 1. The molecule has 2 heterocycles. The molecule has 26 heavy (non-hydrogen) atoms. The van der Waals surface area contributed by atoms with Gasteiger partial charge in [0, 0.05) is 60.7 Å². The Hall–Kier alpha value is -1.89. The predicted molar refractivity (Wildman–Crippen MR) is 104 cm³/mol. The van der Waals surface area contributed by atoms with Crippen molar-refractivity contribution >= 4 is 35.1 Å². The van der Waals surface area contributed by atoms with E-state index in [0.29, 0.717) is 22.2 Å². The number of amides is 1. The summed E-state index contributed by atoms with van der Waals surface area (Å²) in [5.41, 5.74) is 0.485. The van der Waals surface area contributed by atoms with Gasteiger partial charge in [-0.3, -0.25) is 9.69 Å². The molecule has 138 valence electrons. The van der Waals surface area contributed by atoms with Gasteiger partial charge in [-0.15, -0.1) is 0 Å². The summed E-state index contributed by atoms with van der Waals surface area (Å²) in [5, 5.41) is 3.84. The first-order valence-electron chi connectivity index (χ1n) is 8.60. The summed E-state index contributed by atoms with van der Waals surface area (Å²) < 4.78 is 0. The summed E-state index contributed by atoms with van der Waals surface area (Å²) in [7, 11) is 0. The van der Waals surface area contributed by atoms with Crippen LogP contribution in [-0.4, -0.2) is 60.0 Å². The molecule has 0 radical (unpaired) electrons. The molecular formula is C18H21Cl2N5O. The summed E-state index contributed by atoms with van der Waals surface area (Å²) >= 11 is 11.9. The average Bonchev–Trinajstić information content (AvgIpc) is 2.65. The largest absolute Gasteiger partial charge is 0.352 e.